The average molecular weight is 327 g/mol. The highest BCUT2D eigenvalue weighted by Crippen LogP contribution is 2.15. The molecule has 1 saturated heterocycles. The molecule has 1 aliphatic heterocycles. The molecular formula is C18H25N5O. The van der Waals surface area contributed by atoms with Crippen molar-refractivity contribution in [2.75, 3.05) is 25.0 Å². The lowest BCUT2D eigenvalue weighted by Gasteiger charge is -2.22. The normalized spacial score (nSPS) is 18.8. The van der Waals surface area contributed by atoms with Gasteiger partial charge in [0, 0.05) is 31.0 Å². The number of nitrogens with zero attached hydrogens (tertiary/aromatic N) is 2. The number of piperidine rings is 1. The van der Waals surface area contributed by atoms with Crippen molar-refractivity contribution in [2.45, 2.75) is 31.8 Å². The fraction of sp³-hybridized carbons (Fsp3) is 0.444. The van der Waals surface area contributed by atoms with Gasteiger partial charge in [-0.1, -0.05) is 18.2 Å². The van der Waals surface area contributed by atoms with E-state index in [1.165, 1.54) is 0 Å². The van der Waals surface area contributed by atoms with Crippen LogP contribution < -0.4 is 16.0 Å². The van der Waals surface area contributed by atoms with Gasteiger partial charge in [0.2, 0.25) is 0 Å². The van der Waals surface area contributed by atoms with Crippen LogP contribution in [0.2, 0.25) is 0 Å². The zero-order valence-corrected chi connectivity index (χ0v) is 14.0. The Kier molecular flexibility index (Phi) is 5.48. The Bertz CT molecular complexity index is 648. The molecule has 1 aliphatic rings. The van der Waals surface area contributed by atoms with Crippen molar-refractivity contribution < 1.29 is 4.79 Å². The molecule has 0 spiro atoms. The Morgan fingerprint density at radius 2 is 2.21 bits per heavy atom. The van der Waals surface area contributed by atoms with Gasteiger partial charge in [-0.05, 0) is 44.5 Å². The molecule has 0 bridgehead atoms. The summed E-state index contributed by atoms with van der Waals surface area (Å²) >= 11 is 0. The van der Waals surface area contributed by atoms with Crippen LogP contribution in [0.1, 0.15) is 36.3 Å². The van der Waals surface area contributed by atoms with E-state index in [2.05, 4.69) is 21.0 Å². The molecule has 6 nitrogen and oxygen atoms in total. The predicted octanol–water partition coefficient (Wildman–Crippen LogP) is 2.04. The van der Waals surface area contributed by atoms with Crippen LogP contribution in [0, 0.1) is 0 Å². The molecule has 2 unspecified atom stereocenters. The number of hydrogen-bond donors (Lipinski definition) is 3. The Hall–Kier alpha value is -2.34. The molecule has 3 rings (SSSR count). The summed E-state index contributed by atoms with van der Waals surface area (Å²) in [5.74, 6) is -0.125. The van der Waals surface area contributed by atoms with Gasteiger partial charge in [0.15, 0.2) is 0 Å². The summed E-state index contributed by atoms with van der Waals surface area (Å²) < 4.78 is 1.91. The molecule has 128 valence electrons. The highest BCUT2D eigenvalue weighted by molar-refractivity contribution is 5.92. The van der Waals surface area contributed by atoms with Crippen LogP contribution >= 0.6 is 0 Å². The van der Waals surface area contributed by atoms with Gasteiger partial charge >= 0.3 is 0 Å². The largest absolute Gasteiger partial charge is 0.383 e. The van der Waals surface area contributed by atoms with Gasteiger partial charge in [0.1, 0.15) is 5.69 Å². The van der Waals surface area contributed by atoms with Crippen LogP contribution in [-0.4, -0.2) is 41.4 Å². The van der Waals surface area contributed by atoms with E-state index < -0.39 is 0 Å². The lowest BCUT2D eigenvalue weighted by Crippen LogP contribution is -2.37. The number of aromatic nitrogens is 2. The Balaban J connectivity index is 1.50. The van der Waals surface area contributed by atoms with Gasteiger partial charge in [-0.15, -0.1) is 0 Å². The average Bonchev–Trinajstić information content (AvgIpc) is 3.12. The predicted molar refractivity (Wildman–Crippen MR) is 95.2 cm³/mol. The minimum absolute atomic E-state index is 0.0132. The van der Waals surface area contributed by atoms with Gasteiger partial charge in [-0.25, -0.2) is 0 Å². The van der Waals surface area contributed by atoms with Gasteiger partial charge in [-0.3, -0.25) is 9.48 Å². The van der Waals surface area contributed by atoms with Gasteiger partial charge < -0.3 is 16.0 Å². The van der Waals surface area contributed by atoms with Crippen LogP contribution in [0.15, 0.2) is 42.6 Å². The summed E-state index contributed by atoms with van der Waals surface area (Å²) in [5, 5.41) is 14.1. The van der Waals surface area contributed by atoms with Crippen LogP contribution in [0.3, 0.4) is 0 Å². The summed E-state index contributed by atoms with van der Waals surface area (Å²) in [6.45, 7) is 4.63. The first-order valence-electron chi connectivity index (χ1n) is 8.58. The van der Waals surface area contributed by atoms with E-state index in [1.54, 1.807) is 6.07 Å². The molecule has 1 aromatic heterocycles. The van der Waals surface area contributed by atoms with Gasteiger partial charge in [-0.2, -0.15) is 5.10 Å². The van der Waals surface area contributed by atoms with Crippen LogP contribution in [0.5, 0.6) is 0 Å². The first-order chi connectivity index (χ1) is 11.7. The van der Waals surface area contributed by atoms with Crippen molar-refractivity contribution in [2.24, 2.45) is 0 Å². The molecule has 1 fully saturated rings. The maximum Gasteiger partial charge on any atom is 0.272 e. The molecule has 1 aromatic carbocycles. The van der Waals surface area contributed by atoms with Crippen molar-refractivity contribution in [3.8, 4) is 0 Å². The third kappa shape index (κ3) is 4.35. The van der Waals surface area contributed by atoms with Crippen molar-refractivity contribution in [3.63, 3.8) is 0 Å². The van der Waals surface area contributed by atoms with Crippen LogP contribution in [0.25, 0.3) is 0 Å². The highest BCUT2D eigenvalue weighted by Gasteiger charge is 2.18. The Morgan fingerprint density at radius 3 is 2.96 bits per heavy atom. The van der Waals surface area contributed by atoms with E-state index in [0.29, 0.717) is 18.3 Å². The molecule has 0 aliphatic carbocycles. The molecule has 24 heavy (non-hydrogen) atoms. The fourth-order valence-electron chi connectivity index (χ4n) is 2.90. The van der Waals surface area contributed by atoms with E-state index in [-0.39, 0.29) is 11.9 Å². The molecular weight excluding hydrogens is 302 g/mol. The van der Waals surface area contributed by atoms with E-state index in [1.807, 2.05) is 48.1 Å². The summed E-state index contributed by atoms with van der Waals surface area (Å²) in [5.41, 5.74) is 1.53. The SMILES string of the molecule is CC(CNc1ccccc1)NC(=O)c1ccn(C2CCCNC2)n1. The third-order valence-corrected chi connectivity index (χ3v) is 4.25. The number of para-hydroxylation sites is 1. The quantitative estimate of drug-likeness (QED) is 0.759. The second-order valence-corrected chi connectivity index (χ2v) is 6.30. The minimum Gasteiger partial charge on any atom is -0.383 e. The molecule has 0 saturated carbocycles. The number of rotatable bonds is 6. The smallest absolute Gasteiger partial charge is 0.272 e. The summed E-state index contributed by atoms with van der Waals surface area (Å²) in [4.78, 5) is 12.3. The molecule has 0 radical (unpaired) electrons. The Morgan fingerprint density at radius 1 is 1.38 bits per heavy atom. The molecule has 6 heteroatoms. The van der Waals surface area contributed by atoms with Gasteiger partial charge in [0.25, 0.3) is 5.91 Å². The molecule has 2 atom stereocenters. The zero-order valence-electron chi connectivity index (χ0n) is 14.0. The van der Waals surface area contributed by atoms with E-state index in [9.17, 15) is 4.79 Å². The van der Waals surface area contributed by atoms with E-state index >= 15 is 0 Å². The van der Waals surface area contributed by atoms with Crippen molar-refractivity contribution in [3.05, 3.63) is 48.3 Å². The minimum atomic E-state index is -0.125. The number of carbonyl (C=O) groups excluding carboxylic acids is 1. The lowest BCUT2D eigenvalue weighted by atomic mass is 10.1. The number of nitrogens with one attached hydrogen (secondary N) is 3. The molecule has 1 amide bonds. The van der Waals surface area contributed by atoms with Crippen LogP contribution in [-0.2, 0) is 0 Å². The number of hydrogen-bond acceptors (Lipinski definition) is 4. The third-order valence-electron chi connectivity index (χ3n) is 4.25. The van der Waals surface area contributed by atoms with E-state index in [0.717, 1.165) is 31.6 Å². The fourth-order valence-corrected chi connectivity index (χ4v) is 2.90. The summed E-state index contributed by atoms with van der Waals surface area (Å²) in [7, 11) is 0. The monoisotopic (exact) mass is 327 g/mol. The Labute approximate surface area is 142 Å². The van der Waals surface area contributed by atoms with Crippen LogP contribution in [0.4, 0.5) is 5.69 Å². The first-order valence-corrected chi connectivity index (χ1v) is 8.58. The topological polar surface area (TPSA) is 71.0 Å². The second kappa shape index (κ2) is 7.97. The van der Waals surface area contributed by atoms with Crippen molar-refractivity contribution >= 4 is 11.6 Å². The van der Waals surface area contributed by atoms with E-state index in [4.69, 9.17) is 0 Å². The summed E-state index contributed by atoms with van der Waals surface area (Å²) in [6.07, 6.45) is 4.15. The number of benzene rings is 1. The zero-order chi connectivity index (χ0) is 16.8. The number of carbonyl (C=O) groups is 1. The molecule has 2 aromatic rings. The van der Waals surface area contributed by atoms with Crippen molar-refractivity contribution in [1.82, 2.24) is 20.4 Å². The maximum absolute atomic E-state index is 12.3. The standard InChI is InChI=1S/C18H25N5O/c1-14(12-20-15-6-3-2-4-7-15)21-18(24)17-9-11-23(22-17)16-8-5-10-19-13-16/h2-4,6-7,9,11,14,16,19-20H,5,8,10,12-13H2,1H3,(H,21,24). The lowest BCUT2D eigenvalue weighted by molar-refractivity contribution is 0.0935. The number of anilines is 1. The number of amides is 1. The maximum atomic E-state index is 12.3. The molecule has 2 heterocycles. The molecule has 3 N–H and O–H groups in total. The van der Waals surface area contributed by atoms with Gasteiger partial charge in [0.05, 0.1) is 6.04 Å². The van der Waals surface area contributed by atoms with Crippen molar-refractivity contribution in [1.29, 1.82) is 0 Å². The summed E-state index contributed by atoms with van der Waals surface area (Å²) in [6, 6.07) is 12.1. The second-order valence-electron chi connectivity index (χ2n) is 6.30. The highest BCUT2D eigenvalue weighted by atomic mass is 16.2. The first kappa shape index (κ1) is 16.5.